The van der Waals surface area contributed by atoms with Crippen molar-refractivity contribution in [2.45, 2.75) is 25.2 Å². The Morgan fingerprint density at radius 3 is 3.00 bits per heavy atom. The van der Waals surface area contributed by atoms with E-state index in [1.807, 2.05) is 12.1 Å². The van der Waals surface area contributed by atoms with Gasteiger partial charge in [-0.15, -0.1) is 0 Å². The standard InChI is InChI=1S/C14H14O2/c15-7-5-13(10-1-2-10)11-3-4-14-12(9-11)6-8-16-14/h3-4,6-10,13H,1-2,5H2. The molecule has 0 radical (unpaired) electrons. The number of rotatable bonds is 4. The van der Waals surface area contributed by atoms with E-state index in [9.17, 15) is 4.79 Å². The third-order valence-corrected chi connectivity index (χ3v) is 3.45. The summed E-state index contributed by atoms with van der Waals surface area (Å²) in [5.74, 6) is 1.13. The van der Waals surface area contributed by atoms with Crippen molar-refractivity contribution in [1.29, 1.82) is 0 Å². The number of hydrogen-bond donors (Lipinski definition) is 0. The van der Waals surface area contributed by atoms with E-state index in [4.69, 9.17) is 4.42 Å². The monoisotopic (exact) mass is 214 g/mol. The van der Waals surface area contributed by atoms with Crippen LogP contribution in [0.25, 0.3) is 11.0 Å². The number of fused-ring (bicyclic) bond motifs is 1. The number of furan rings is 1. The van der Waals surface area contributed by atoms with E-state index in [1.54, 1.807) is 6.26 Å². The van der Waals surface area contributed by atoms with Gasteiger partial charge in [0.05, 0.1) is 6.26 Å². The molecule has 0 amide bonds. The highest BCUT2D eigenvalue weighted by Crippen LogP contribution is 2.44. The molecule has 0 saturated heterocycles. The Kier molecular flexibility index (Phi) is 2.28. The van der Waals surface area contributed by atoms with Crippen LogP contribution in [0.3, 0.4) is 0 Å². The van der Waals surface area contributed by atoms with Crippen LogP contribution in [0.4, 0.5) is 0 Å². The summed E-state index contributed by atoms with van der Waals surface area (Å²) in [6.07, 6.45) is 5.93. The van der Waals surface area contributed by atoms with Crippen molar-refractivity contribution in [1.82, 2.24) is 0 Å². The van der Waals surface area contributed by atoms with E-state index in [0.29, 0.717) is 12.3 Å². The van der Waals surface area contributed by atoms with Crippen LogP contribution in [-0.2, 0) is 4.79 Å². The maximum absolute atomic E-state index is 10.7. The van der Waals surface area contributed by atoms with E-state index in [-0.39, 0.29) is 0 Å². The highest BCUT2D eigenvalue weighted by molar-refractivity contribution is 5.78. The Bertz CT molecular complexity index is 508. The first-order valence-corrected chi connectivity index (χ1v) is 5.79. The fourth-order valence-electron chi connectivity index (χ4n) is 2.42. The van der Waals surface area contributed by atoms with E-state index >= 15 is 0 Å². The zero-order chi connectivity index (χ0) is 11.0. The van der Waals surface area contributed by atoms with Gasteiger partial charge in [-0.3, -0.25) is 0 Å². The molecule has 0 bridgehead atoms. The number of hydrogen-bond acceptors (Lipinski definition) is 2. The van der Waals surface area contributed by atoms with Crippen molar-refractivity contribution in [2.24, 2.45) is 5.92 Å². The van der Waals surface area contributed by atoms with Crippen molar-refractivity contribution in [3.8, 4) is 0 Å². The number of benzene rings is 1. The highest BCUT2D eigenvalue weighted by atomic mass is 16.3. The fraction of sp³-hybridized carbons (Fsp3) is 0.357. The average molecular weight is 214 g/mol. The topological polar surface area (TPSA) is 30.2 Å². The molecular formula is C14H14O2. The van der Waals surface area contributed by atoms with Gasteiger partial charge in [-0.1, -0.05) is 6.07 Å². The third-order valence-electron chi connectivity index (χ3n) is 3.45. The van der Waals surface area contributed by atoms with Crippen LogP contribution in [-0.4, -0.2) is 6.29 Å². The lowest BCUT2D eigenvalue weighted by atomic mass is 9.91. The van der Waals surface area contributed by atoms with E-state index in [0.717, 1.165) is 23.2 Å². The first-order chi connectivity index (χ1) is 7.88. The molecule has 1 saturated carbocycles. The van der Waals surface area contributed by atoms with Crippen LogP contribution in [0, 0.1) is 5.92 Å². The van der Waals surface area contributed by atoms with Crippen molar-refractivity contribution < 1.29 is 9.21 Å². The molecule has 2 aromatic rings. The van der Waals surface area contributed by atoms with Crippen molar-refractivity contribution >= 4 is 17.3 Å². The van der Waals surface area contributed by atoms with Gasteiger partial charge in [0.2, 0.25) is 0 Å². The van der Waals surface area contributed by atoms with Gasteiger partial charge in [0, 0.05) is 11.8 Å². The van der Waals surface area contributed by atoms with E-state index in [1.165, 1.54) is 18.4 Å². The predicted octanol–water partition coefficient (Wildman–Crippen LogP) is 3.52. The molecule has 1 fully saturated rings. The summed E-state index contributed by atoms with van der Waals surface area (Å²) in [6, 6.07) is 8.23. The molecule has 0 N–H and O–H groups in total. The summed E-state index contributed by atoms with van der Waals surface area (Å²) in [5, 5.41) is 1.13. The summed E-state index contributed by atoms with van der Waals surface area (Å²) in [6.45, 7) is 0. The molecule has 0 spiro atoms. The summed E-state index contributed by atoms with van der Waals surface area (Å²) in [7, 11) is 0. The zero-order valence-corrected chi connectivity index (χ0v) is 9.06. The normalized spacial score (nSPS) is 17.5. The van der Waals surface area contributed by atoms with Crippen molar-refractivity contribution in [3.05, 3.63) is 36.1 Å². The zero-order valence-electron chi connectivity index (χ0n) is 9.06. The van der Waals surface area contributed by atoms with E-state index in [2.05, 4.69) is 12.1 Å². The molecule has 1 aromatic heterocycles. The lowest BCUT2D eigenvalue weighted by Crippen LogP contribution is -2.01. The lowest BCUT2D eigenvalue weighted by Gasteiger charge is -2.13. The molecule has 2 heteroatoms. The molecule has 1 aliphatic rings. The molecular weight excluding hydrogens is 200 g/mol. The molecule has 1 aromatic carbocycles. The van der Waals surface area contributed by atoms with Gasteiger partial charge in [0.1, 0.15) is 11.9 Å². The van der Waals surface area contributed by atoms with Gasteiger partial charge in [-0.05, 0) is 48.4 Å². The molecule has 2 nitrogen and oxygen atoms in total. The minimum absolute atomic E-state index is 0.414. The maximum atomic E-state index is 10.7. The molecule has 1 aliphatic carbocycles. The van der Waals surface area contributed by atoms with Crippen LogP contribution >= 0.6 is 0 Å². The number of carbonyl (C=O) groups excluding carboxylic acids is 1. The predicted molar refractivity (Wildman–Crippen MR) is 62.4 cm³/mol. The summed E-state index contributed by atoms with van der Waals surface area (Å²) < 4.78 is 5.32. The van der Waals surface area contributed by atoms with Gasteiger partial charge in [0.25, 0.3) is 0 Å². The molecule has 3 rings (SSSR count). The molecule has 1 unspecified atom stereocenters. The summed E-state index contributed by atoms with van der Waals surface area (Å²) >= 11 is 0. The Morgan fingerprint density at radius 2 is 2.25 bits per heavy atom. The van der Waals surface area contributed by atoms with Gasteiger partial charge in [-0.2, -0.15) is 0 Å². The Hall–Kier alpha value is -1.57. The van der Waals surface area contributed by atoms with Crippen LogP contribution in [0.15, 0.2) is 34.9 Å². The Balaban J connectivity index is 1.98. The van der Waals surface area contributed by atoms with E-state index < -0.39 is 0 Å². The largest absolute Gasteiger partial charge is 0.464 e. The third kappa shape index (κ3) is 1.64. The average Bonchev–Trinajstić information content (AvgIpc) is 3.03. The quantitative estimate of drug-likeness (QED) is 0.729. The fourth-order valence-corrected chi connectivity index (χ4v) is 2.42. The van der Waals surface area contributed by atoms with Crippen LogP contribution in [0.5, 0.6) is 0 Å². The summed E-state index contributed by atoms with van der Waals surface area (Å²) in [5.41, 5.74) is 2.20. The number of aldehydes is 1. The van der Waals surface area contributed by atoms with Gasteiger partial charge in [-0.25, -0.2) is 0 Å². The minimum atomic E-state index is 0.414. The second-order valence-electron chi connectivity index (χ2n) is 4.56. The molecule has 82 valence electrons. The Morgan fingerprint density at radius 1 is 1.38 bits per heavy atom. The second kappa shape index (κ2) is 3.78. The van der Waals surface area contributed by atoms with Crippen molar-refractivity contribution in [2.75, 3.05) is 0 Å². The maximum Gasteiger partial charge on any atom is 0.133 e. The minimum Gasteiger partial charge on any atom is -0.464 e. The molecule has 1 atom stereocenters. The molecule has 1 heterocycles. The Labute approximate surface area is 94.3 Å². The van der Waals surface area contributed by atoms with Gasteiger partial charge in [0.15, 0.2) is 0 Å². The lowest BCUT2D eigenvalue weighted by molar-refractivity contribution is -0.108. The van der Waals surface area contributed by atoms with Gasteiger partial charge >= 0.3 is 0 Å². The van der Waals surface area contributed by atoms with Crippen LogP contribution in [0.2, 0.25) is 0 Å². The second-order valence-corrected chi connectivity index (χ2v) is 4.56. The smallest absolute Gasteiger partial charge is 0.133 e. The first kappa shape index (κ1) is 9.64. The molecule has 16 heavy (non-hydrogen) atoms. The summed E-state index contributed by atoms with van der Waals surface area (Å²) in [4.78, 5) is 10.7. The van der Waals surface area contributed by atoms with Gasteiger partial charge < -0.3 is 9.21 Å². The SMILES string of the molecule is O=CCC(c1ccc2occc2c1)C1CC1. The number of carbonyl (C=O) groups is 1. The van der Waals surface area contributed by atoms with Crippen LogP contribution in [0.1, 0.15) is 30.7 Å². The van der Waals surface area contributed by atoms with Crippen LogP contribution < -0.4 is 0 Å². The highest BCUT2D eigenvalue weighted by Gasteiger charge is 2.31. The first-order valence-electron chi connectivity index (χ1n) is 5.79. The molecule has 0 aliphatic heterocycles. The van der Waals surface area contributed by atoms with Crippen molar-refractivity contribution in [3.63, 3.8) is 0 Å².